The molecule has 1 unspecified atom stereocenters. The lowest BCUT2D eigenvalue weighted by Crippen LogP contribution is -2.34. The first-order chi connectivity index (χ1) is 7.20. The van der Waals surface area contributed by atoms with Crippen molar-refractivity contribution < 1.29 is 0 Å². The minimum absolute atomic E-state index is 0.649. The molecule has 1 aliphatic rings. The fourth-order valence-corrected chi connectivity index (χ4v) is 2.07. The van der Waals surface area contributed by atoms with E-state index < -0.39 is 0 Å². The molecular weight excluding hydrogens is 184 g/mol. The summed E-state index contributed by atoms with van der Waals surface area (Å²) in [4.78, 5) is 6.68. The van der Waals surface area contributed by atoms with Gasteiger partial charge in [0.1, 0.15) is 0 Å². The molecule has 0 spiro atoms. The lowest BCUT2D eigenvalue weighted by molar-refractivity contribution is 0.595. The second kappa shape index (κ2) is 5.15. The summed E-state index contributed by atoms with van der Waals surface area (Å²) >= 11 is 0. The number of anilines is 1. The molecule has 2 heteroatoms. The van der Waals surface area contributed by atoms with E-state index in [-0.39, 0.29) is 0 Å². The van der Waals surface area contributed by atoms with Gasteiger partial charge in [0.05, 0.1) is 11.4 Å². The van der Waals surface area contributed by atoms with Crippen LogP contribution in [0.5, 0.6) is 0 Å². The van der Waals surface area contributed by atoms with Gasteiger partial charge in [0.2, 0.25) is 0 Å². The van der Waals surface area contributed by atoms with Crippen molar-refractivity contribution in [3.63, 3.8) is 0 Å². The maximum Gasteiger partial charge on any atom is 0.0614 e. The maximum atomic E-state index is 4.34. The Morgan fingerprint density at radius 3 is 2.73 bits per heavy atom. The first-order valence-electron chi connectivity index (χ1n) is 5.87. The zero-order valence-electron chi connectivity index (χ0n) is 10.5. The van der Waals surface area contributed by atoms with Gasteiger partial charge < -0.3 is 4.90 Å². The number of pyridine rings is 1. The Balaban J connectivity index is 0.000000531. The van der Waals surface area contributed by atoms with Crippen LogP contribution in [0.15, 0.2) is 12.3 Å². The molecule has 0 aromatic carbocycles. The predicted molar refractivity (Wildman–Crippen MR) is 66.5 cm³/mol. The first-order valence-corrected chi connectivity index (χ1v) is 5.87. The molecule has 15 heavy (non-hydrogen) atoms. The Labute approximate surface area is 93.3 Å². The van der Waals surface area contributed by atoms with E-state index in [9.17, 15) is 0 Å². The molecule has 0 bridgehead atoms. The topological polar surface area (TPSA) is 16.1 Å². The Morgan fingerprint density at radius 2 is 2.07 bits per heavy atom. The normalized spacial score (nSPS) is 19.0. The molecule has 0 saturated heterocycles. The van der Waals surface area contributed by atoms with Crippen LogP contribution >= 0.6 is 0 Å². The molecule has 2 rings (SSSR count). The molecule has 1 atom stereocenters. The number of aromatic nitrogens is 1. The average Bonchev–Trinajstić information content (AvgIpc) is 2.26. The number of hydrogen-bond acceptors (Lipinski definition) is 2. The monoisotopic (exact) mass is 206 g/mol. The van der Waals surface area contributed by atoms with Crippen molar-refractivity contribution >= 4 is 5.69 Å². The second-order valence-corrected chi connectivity index (χ2v) is 3.90. The van der Waals surface area contributed by atoms with Gasteiger partial charge in [-0.05, 0) is 38.3 Å². The quantitative estimate of drug-likeness (QED) is 0.648. The van der Waals surface area contributed by atoms with Gasteiger partial charge in [-0.3, -0.25) is 4.98 Å². The van der Waals surface area contributed by atoms with Crippen molar-refractivity contribution in [3.05, 3.63) is 23.5 Å². The van der Waals surface area contributed by atoms with E-state index in [1.165, 1.54) is 24.1 Å². The highest BCUT2D eigenvalue weighted by Crippen LogP contribution is 2.30. The largest absolute Gasteiger partial charge is 0.370 e. The van der Waals surface area contributed by atoms with Gasteiger partial charge in [-0.25, -0.2) is 0 Å². The predicted octanol–water partition coefficient (Wildman–Crippen LogP) is 3.19. The maximum absolute atomic E-state index is 4.34. The lowest BCUT2D eigenvalue weighted by Gasteiger charge is -2.34. The van der Waals surface area contributed by atoms with Crippen molar-refractivity contribution in [2.45, 2.75) is 46.6 Å². The molecule has 0 aliphatic carbocycles. The highest BCUT2D eigenvalue weighted by molar-refractivity contribution is 5.58. The van der Waals surface area contributed by atoms with Crippen LogP contribution in [0, 0.1) is 6.92 Å². The molecule has 0 fully saturated rings. The van der Waals surface area contributed by atoms with Gasteiger partial charge in [-0.1, -0.05) is 13.8 Å². The zero-order chi connectivity index (χ0) is 11.4. The Kier molecular flexibility index (Phi) is 4.13. The molecule has 1 aromatic heterocycles. The third kappa shape index (κ3) is 2.31. The summed E-state index contributed by atoms with van der Waals surface area (Å²) in [5.41, 5.74) is 3.96. The van der Waals surface area contributed by atoms with Crippen LogP contribution in [0.4, 0.5) is 5.69 Å². The summed E-state index contributed by atoms with van der Waals surface area (Å²) in [6.45, 7) is 8.36. The van der Waals surface area contributed by atoms with E-state index in [2.05, 4.69) is 36.8 Å². The Hall–Kier alpha value is -1.05. The van der Waals surface area contributed by atoms with Crippen molar-refractivity contribution in [1.82, 2.24) is 4.98 Å². The van der Waals surface area contributed by atoms with E-state index in [0.29, 0.717) is 6.04 Å². The van der Waals surface area contributed by atoms with Crippen molar-refractivity contribution in [1.29, 1.82) is 0 Å². The molecule has 1 aliphatic heterocycles. The summed E-state index contributed by atoms with van der Waals surface area (Å²) in [5.74, 6) is 0. The Morgan fingerprint density at radius 1 is 1.40 bits per heavy atom. The Bertz CT molecular complexity index is 320. The molecule has 0 N–H and O–H groups in total. The average molecular weight is 206 g/mol. The summed E-state index contributed by atoms with van der Waals surface area (Å²) in [6.07, 6.45) is 4.37. The highest BCUT2D eigenvalue weighted by Gasteiger charge is 2.21. The van der Waals surface area contributed by atoms with Crippen molar-refractivity contribution in [2.24, 2.45) is 0 Å². The van der Waals surface area contributed by atoms with E-state index in [0.717, 1.165) is 5.69 Å². The fourth-order valence-electron chi connectivity index (χ4n) is 2.07. The standard InChI is InChI=1S/C11H16N2.C2H6/c1-8-4-5-10-6-7-12-9(2)11(10)13(8)3;1-2/h6-8H,4-5H2,1-3H3;1-2H3. The third-order valence-electron chi connectivity index (χ3n) is 3.04. The summed E-state index contributed by atoms with van der Waals surface area (Å²) in [7, 11) is 2.16. The number of rotatable bonds is 0. The fraction of sp³-hybridized carbons (Fsp3) is 0.615. The summed E-state index contributed by atoms with van der Waals surface area (Å²) in [6, 6.07) is 2.79. The number of aryl methyl sites for hydroxylation is 2. The van der Waals surface area contributed by atoms with Gasteiger partial charge in [0.15, 0.2) is 0 Å². The first kappa shape index (κ1) is 12.0. The number of fused-ring (bicyclic) bond motifs is 1. The summed E-state index contributed by atoms with van der Waals surface area (Å²) < 4.78 is 0. The van der Waals surface area contributed by atoms with Crippen LogP contribution in [0.25, 0.3) is 0 Å². The molecule has 1 aromatic rings. The van der Waals surface area contributed by atoms with Crippen molar-refractivity contribution in [3.8, 4) is 0 Å². The third-order valence-corrected chi connectivity index (χ3v) is 3.04. The van der Waals surface area contributed by atoms with E-state index in [4.69, 9.17) is 0 Å². The molecule has 2 heterocycles. The second-order valence-electron chi connectivity index (χ2n) is 3.90. The highest BCUT2D eigenvalue weighted by atomic mass is 15.1. The molecule has 0 amide bonds. The summed E-state index contributed by atoms with van der Waals surface area (Å²) in [5, 5.41) is 0. The van der Waals surface area contributed by atoms with E-state index in [1.807, 2.05) is 20.0 Å². The van der Waals surface area contributed by atoms with Crippen LogP contribution in [-0.2, 0) is 6.42 Å². The minimum atomic E-state index is 0.649. The van der Waals surface area contributed by atoms with Crippen molar-refractivity contribution in [2.75, 3.05) is 11.9 Å². The van der Waals surface area contributed by atoms with E-state index in [1.54, 1.807) is 0 Å². The van der Waals surface area contributed by atoms with Gasteiger partial charge in [0.25, 0.3) is 0 Å². The molecule has 0 saturated carbocycles. The zero-order valence-corrected chi connectivity index (χ0v) is 10.5. The van der Waals surface area contributed by atoms with Crippen LogP contribution in [0.1, 0.15) is 38.4 Å². The molecular formula is C13H22N2. The van der Waals surface area contributed by atoms with Crippen LogP contribution in [0.3, 0.4) is 0 Å². The van der Waals surface area contributed by atoms with Gasteiger partial charge in [-0.2, -0.15) is 0 Å². The van der Waals surface area contributed by atoms with Gasteiger partial charge >= 0.3 is 0 Å². The SMILES string of the molecule is CC.Cc1nccc2c1N(C)C(C)CC2. The number of hydrogen-bond donors (Lipinski definition) is 0. The molecule has 0 radical (unpaired) electrons. The van der Waals surface area contributed by atoms with Gasteiger partial charge in [-0.15, -0.1) is 0 Å². The molecule has 2 nitrogen and oxygen atoms in total. The minimum Gasteiger partial charge on any atom is -0.370 e. The lowest BCUT2D eigenvalue weighted by atomic mass is 9.97. The van der Waals surface area contributed by atoms with Gasteiger partial charge in [0, 0.05) is 19.3 Å². The van der Waals surface area contributed by atoms with E-state index >= 15 is 0 Å². The molecule has 84 valence electrons. The van der Waals surface area contributed by atoms with Crippen LogP contribution in [0.2, 0.25) is 0 Å². The number of nitrogens with zero attached hydrogens (tertiary/aromatic N) is 2. The van der Waals surface area contributed by atoms with Crippen LogP contribution < -0.4 is 4.90 Å². The van der Waals surface area contributed by atoms with Crippen LogP contribution in [-0.4, -0.2) is 18.1 Å². The smallest absolute Gasteiger partial charge is 0.0614 e.